The van der Waals surface area contributed by atoms with Gasteiger partial charge >= 0.3 is 0 Å². The molecule has 0 saturated carbocycles. The van der Waals surface area contributed by atoms with Crippen molar-refractivity contribution >= 4 is 29.9 Å². The summed E-state index contributed by atoms with van der Waals surface area (Å²) >= 11 is 0. The van der Waals surface area contributed by atoms with Crippen molar-refractivity contribution in [2.24, 2.45) is 5.92 Å². The van der Waals surface area contributed by atoms with Crippen molar-refractivity contribution in [3.05, 3.63) is 53.6 Å². The molecule has 2 amide bonds. The van der Waals surface area contributed by atoms with E-state index in [-0.39, 0.29) is 24.2 Å². The van der Waals surface area contributed by atoms with Crippen molar-refractivity contribution in [3.63, 3.8) is 0 Å². The van der Waals surface area contributed by atoms with Crippen LogP contribution in [-0.2, 0) is 0 Å². The van der Waals surface area contributed by atoms with E-state index in [0.717, 1.165) is 13.1 Å². The monoisotopic (exact) mass is 405 g/mol. The lowest BCUT2D eigenvalue weighted by Crippen LogP contribution is -2.48. The average molecular weight is 406 g/mol. The van der Waals surface area contributed by atoms with Crippen molar-refractivity contribution in [1.82, 2.24) is 10.6 Å². The number of rotatable bonds is 7. The molecule has 150 valence electrons. The molecule has 2 aromatic rings. The maximum absolute atomic E-state index is 12.7. The Labute approximate surface area is 170 Å². The van der Waals surface area contributed by atoms with Gasteiger partial charge in [-0.3, -0.25) is 9.59 Å². The lowest BCUT2D eigenvalue weighted by atomic mass is 10.0. The Morgan fingerprint density at radius 3 is 2.25 bits per heavy atom. The third kappa shape index (κ3) is 4.94. The second-order valence-corrected chi connectivity index (χ2v) is 6.31. The maximum Gasteiger partial charge on any atom is 0.255 e. The molecule has 0 unspecified atom stereocenters. The van der Waals surface area contributed by atoms with Gasteiger partial charge in [0.05, 0.1) is 25.5 Å². The van der Waals surface area contributed by atoms with Crippen LogP contribution in [0.3, 0.4) is 0 Å². The minimum absolute atomic E-state index is 0. The van der Waals surface area contributed by atoms with Crippen molar-refractivity contribution in [2.45, 2.75) is 0 Å². The van der Waals surface area contributed by atoms with Gasteiger partial charge in [0.15, 0.2) is 11.5 Å². The first-order chi connectivity index (χ1) is 13.1. The molecule has 0 spiro atoms. The Hall–Kier alpha value is -2.77. The zero-order valence-corrected chi connectivity index (χ0v) is 16.6. The fourth-order valence-corrected chi connectivity index (χ4v) is 2.78. The molecule has 1 fully saturated rings. The van der Waals surface area contributed by atoms with Crippen LogP contribution >= 0.6 is 12.4 Å². The summed E-state index contributed by atoms with van der Waals surface area (Å²) in [6.45, 7) is 2.36. The second kappa shape index (κ2) is 9.96. The molecule has 0 bridgehead atoms. The summed E-state index contributed by atoms with van der Waals surface area (Å²) in [5, 5.41) is 8.89. The summed E-state index contributed by atoms with van der Waals surface area (Å²) in [5.41, 5.74) is 1.19. The highest BCUT2D eigenvalue weighted by molar-refractivity contribution is 6.09. The van der Waals surface area contributed by atoms with Gasteiger partial charge in [0.2, 0.25) is 0 Å². The molecular weight excluding hydrogens is 382 g/mol. The van der Waals surface area contributed by atoms with E-state index in [1.165, 1.54) is 14.2 Å². The van der Waals surface area contributed by atoms with Crippen molar-refractivity contribution < 1.29 is 19.1 Å². The van der Waals surface area contributed by atoms with E-state index >= 15 is 0 Å². The third-order valence-electron chi connectivity index (χ3n) is 4.47. The molecule has 1 saturated heterocycles. The number of benzene rings is 2. The van der Waals surface area contributed by atoms with Crippen LogP contribution in [0.25, 0.3) is 0 Å². The molecule has 2 aromatic carbocycles. The van der Waals surface area contributed by atoms with Gasteiger partial charge in [0, 0.05) is 37.2 Å². The Bertz CT molecular complexity index is 826. The number of ether oxygens (including phenoxy) is 2. The first-order valence-electron chi connectivity index (χ1n) is 8.73. The van der Waals surface area contributed by atoms with E-state index in [2.05, 4.69) is 16.0 Å². The molecule has 7 nitrogen and oxygen atoms in total. The van der Waals surface area contributed by atoms with Gasteiger partial charge in [0.25, 0.3) is 11.8 Å². The van der Waals surface area contributed by atoms with E-state index in [1.807, 2.05) is 6.07 Å². The summed E-state index contributed by atoms with van der Waals surface area (Å²) in [7, 11) is 3.01. The molecule has 3 rings (SSSR count). The summed E-state index contributed by atoms with van der Waals surface area (Å²) in [5.74, 6) is 0.703. The lowest BCUT2D eigenvalue weighted by molar-refractivity contribution is 0.0942. The van der Waals surface area contributed by atoms with Gasteiger partial charge in [-0.1, -0.05) is 18.2 Å². The molecule has 0 aromatic heterocycles. The number of amides is 2. The van der Waals surface area contributed by atoms with Crippen LogP contribution in [0.15, 0.2) is 42.5 Å². The van der Waals surface area contributed by atoms with Crippen LogP contribution in [-0.4, -0.2) is 45.7 Å². The van der Waals surface area contributed by atoms with Crippen molar-refractivity contribution in [2.75, 3.05) is 39.2 Å². The molecule has 3 N–H and O–H groups in total. The molecule has 0 atom stereocenters. The Morgan fingerprint density at radius 1 is 1.04 bits per heavy atom. The number of carbonyl (C=O) groups excluding carboxylic acids is 2. The molecule has 1 aliphatic heterocycles. The molecule has 1 aliphatic rings. The van der Waals surface area contributed by atoms with Crippen LogP contribution < -0.4 is 25.4 Å². The fourth-order valence-electron chi connectivity index (χ4n) is 2.78. The maximum atomic E-state index is 12.7. The van der Waals surface area contributed by atoms with E-state index in [1.54, 1.807) is 36.4 Å². The molecule has 1 heterocycles. The first kappa shape index (κ1) is 21.5. The number of methoxy groups -OCH3 is 2. The van der Waals surface area contributed by atoms with E-state index < -0.39 is 0 Å². The molecule has 8 heteroatoms. The fraction of sp³-hybridized carbons (Fsp3) is 0.300. The second-order valence-electron chi connectivity index (χ2n) is 6.31. The molecular formula is C20H24ClN3O4. The quantitative estimate of drug-likeness (QED) is 0.658. The minimum Gasteiger partial charge on any atom is -0.493 e. The van der Waals surface area contributed by atoms with Crippen LogP contribution in [0.5, 0.6) is 11.5 Å². The summed E-state index contributed by atoms with van der Waals surface area (Å²) in [6.07, 6.45) is 0. The van der Waals surface area contributed by atoms with Gasteiger partial charge < -0.3 is 25.4 Å². The van der Waals surface area contributed by atoms with Crippen molar-refractivity contribution in [1.29, 1.82) is 0 Å². The van der Waals surface area contributed by atoms with Crippen LogP contribution in [0.2, 0.25) is 0 Å². The molecule has 28 heavy (non-hydrogen) atoms. The summed E-state index contributed by atoms with van der Waals surface area (Å²) < 4.78 is 10.6. The predicted octanol–water partition coefficient (Wildman–Crippen LogP) is 2.33. The highest BCUT2D eigenvalue weighted by Gasteiger charge is 2.21. The SMILES string of the molecule is COc1cc(NC(=O)c2ccccc2)c(C(=O)NCC2CNC2)cc1OC.Cl. The highest BCUT2D eigenvalue weighted by Crippen LogP contribution is 2.33. The van der Waals surface area contributed by atoms with Gasteiger partial charge in [0.1, 0.15) is 0 Å². The number of hydrogen-bond acceptors (Lipinski definition) is 5. The minimum atomic E-state index is -0.305. The van der Waals surface area contributed by atoms with Gasteiger partial charge in [-0.15, -0.1) is 12.4 Å². The Kier molecular flexibility index (Phi) is 7.66. The topological polar surface area (TPSA) is 88.7 Å². The lowest BCUT2D eigenvalue weighted by Gasteiger charge is -2.27. The number of anilines is 1. The molecule has 0 aliphatic carbocycles. The standard InChI is InChI=1S/C20H23N3O4.ClH/c1-26-17-8-15(20(25)22-12-13-10-21-11-13)16(9-18(17)27-2)23-19(24)14-6-4-3-5-7-14;/h3-9,13,21H,10-12H2,1-2H3,(H,22,25)(H,23,24);1H. The first-order valence-corrected chi connectivity index (χ1v) is 8.73. The number of nitrogens with one attached hydrogen (secondary N) is 3. The predicted molar refractivity (Wildman–Crippen MR) is 110 cm³/mol. The zero-order valence-electron chi connectivity index (χ0n) is 15.8. The van der Waals surface area contributed by atoms with Crippen LogP contribution in [0, 0.1) is 5.92 Å². The van der Waals surface area contributed by atoms with E-state index in [9.17, 15) is 9.59 Å². The normalized spacial score (nSPS) is 12.9. The van der Waals surface area contributed by atoms with E-state index in [0.29, 0.717) is 40.8 Å². The van der Waals surface area contributed by atoms with Gasteiger partial charge in [-0.25, -0.2) is 0 Å². The largest absolute Gasteiger partial charge is 0.493 e. The molecule has 0 radical (unpaired) electrons. The van der Waals surface area contributed by atoms with Crippen LogP contribution in [0.1, 0.15) is 20.7 Å². The summed E-state index contributed by atoms with van der Waals surface area (Å²) in [6, 6.07) is 12.0. The third-order valence-corrected chi connectivity index (χ3v) is 4.47. The highest BCUT2D eigenvalue weighted by atomic mass is 35.5. The number of hydrogen-bond donors (Lipinski definition) is 3. The van der Waals surface area contributed by atoms with E-state index in [4.69, 9.17) is 9.47 Å². The average Bonchev–Trinajstić information content (AvgIpc) is 2.66. The zero-order chi connectivity index (χ0) is 19.2. The summed E-state index contributed by atoms with van der Waals surface area (Å²) in [4.78, 5) is 25.3. The smallest absolute Gasteiger partial charge is 0.255 e. The van der Waals surface area contributed by atoms with Gasteiger partial charge in [-0.05, 0) is 18.2 Å². The number of carbonyl (C=O) groups is 2. The Balaban J connectivity index is 0.00000280. The Morgan fingerprint density at radius 2 is 1.68 bits per heavy atom. The van der Waals surface area contributed by atoms with Gasteiger partial charge in [-0.2, -0.15) is 0 Å². The number of halogens is 1. The van der Waals surface area contributed by atoms with Crippen molar-refractivity contribution in [3.8, 4) is 11.5 Å². The van der Waals surface area contributed by atoms with Crippen LogP contribution in [0.4, 0.5) is 5.69 Å².